The van der Waals surface area contributed by atoms with Crippen LogP contribution in [-0.4, -0.2) is 31.3 Å². The second kappa shape index (κ2) is 6.57. The first-order valence-corrected chi connectivity index (χ1v) is 6.75. The highest BCUT2D eigenvalue weighted by atomic mass is 79.9. The molecule has 0 bridgehead atoms. The van der Waals surface area contributed by atoms with Crippen LogP contribution in [0.5, 0.6) is 0 Å². The van der Waals surface area contributed by atoms with Crippen molar-refractivity contribution < 1.29 is 4.74 Å². The molecular formula is C11H16Br2N2O. The van der Waals surface area contributed by atoms with E-state index in [9.17, 15) is 0 Å². The summed E-state index contributed by atoms with van der Waals surface area (Å²) < 4.78 is 7.14. The Morgan fingerprint density at radius 1 is 1.50 bits per heavy atom. The fourth-order valence-electron chi connectivity index (χ4n) is 1.62. The topological polar surface area (TPSA) is 25.4 Å². The number of hydrogen-bond acceptors (Lipinski definition) is 3. The first-order chi connectivity index (χ1) is 7.60. The van der Waals surface area contributed by atoms with Crippen molar-refractivity contribution >= 4 is 37.7 Å². The van der Waals surface area contributed by atoms with Crippen LogP contribution in [0, 0.1) is 0 Å². The number of hydrogen-bond donors (Lipinski definition) is 0. The van der Waals surface area contributed by atoms with Crippen LogP contribution in [0.15, 0.2) is 21.2 Å². The van der Waals surface area contributed by atoms with Crippen molar-refractivity contribution in [3.8, 4) is 0 Å². The molecule has 1 aromatic rings. The third kappa shape index (κ3) is 3.43. The van der Waals surface area contributed by atoms with E-state index in [4.69, 9.17) is 4.74 Å². The summed E-state index contributed by atoms with van der Waals surface area (Å²) in [6.07, 6.45) is 1.81. The molecule has 0 saturated carbocycles. The average Bonchev–Trinajstić information content (AvgIpc) is 2.22. The van der Waals surface area contributed by atoms with E-state index in [1.165, 1.54) is 0 Å². The maximum atomic E-state index is 5.18. The number of anilines is 1. The third-order valence-electron chi connectivity index (χ3n) is 2.34. The number of pyridine rings is 1. The number of halogens is 2. The number of nitrogens with zero attached hydrogens (tertiary/aromatic N) is 2. The van der Waals surface area contributed by atoms with Crippen LogP contribution < -0.4 is 4.90 Å². The Morgan fingerprint density at radius 2 is 2.19 bits per heavy atom. The zero-order valence-electron chi connectivity index (χ0n) is 9.70. The van der Waals surface area contributed by atoms with Crippen LogP contribution in [0.3, 0.4) is 0 Å². The molecule has 1 atom stereocenters. The van der Waals surface area contributed by atoms with Gasteiger partial charge < -0.3 is 9.64 Å². The average molecular weight is 352 g/mol. The fourth-order valence-corrected chi connectivity index (χ4v) is 2.84. The van der Waals surface area contributed by atoms with E-state index in [2.05, 4.69) is 55.6 Å². The van der Waals surface area contributed by atoms with Crippen LogP contribution >= 0.6 is 31.9 Å². The Balaban J connectivity index is 2.94. The number of methoxy groups -OCH3 is 1. The van der Waals surface area contributed by atoms with E-state index in [0.717, 1.165) is 21.3 Å². The molecule has 3 nitrogen and oxygen atoms in total. The normalized spacial score (nSPS) is 12.6. The second-order valence-corrected chi connectivity index (χ2v) is 5.32. The van der Waals surface area contributed by atoms with Crippen molar-refractivity contribution in [3.05, 3.63) is 21.2 Å². The van der Waals surface area contributed by atoms with Gasteiger partial charge in [-0.25, -0.2) is 4.98 Å². The first kappa shape index (κ1) is 13.9. The van der Waals surface area contributed by atoms with Crippen molar-refractivity contribution in [2.45, 2.75) is 19.9 Å². The summed E-state index contributed by atoms with van der Waals surface area (Å²) in [6.45, 7) is 5.83. The predicted molar refractivity (Wildman–Crippen MR) is 74.0 cm³/mol. The lowest BCUT2D eigenvalue weighted by Gasteiger charge is -2.29. The number of rotatable bonds is 5. The third-order valence-corrected chi connectivity index (χ3v) is 3.36. The summed E-state index contributed by atoms with van der Waals surface area (Å²) in [5.41, 5.74) is 0. The van der Waals surface area contributed by atoms with Crippen molar-refractivity contribution in [2.75, 3.05) is 25.2 Å². The summed E-state index contributed by atoms with van der Waals surface area (Å²) in [6, 6.07) is 2.31. The molecule has 1 rings (SSSR count). The van der Waals surface area contributed by atoms with Gasteiger partial charge in [0.1, 0.15) is 5.82 Å². The minimum atomic E-state index is 0.306. The van der Waals surface area contributed by atoms with E-state index >= 15 is 0 Å². The SMILES string of the molecule is CCN(c1ncc(Br)cc1Br)C(C)COC. The van der Waals surface area contributed by atoms with E-state index in [1.807, 2.05) is 12.3 Å². The minimum Gasteiger partial charge on any atom is -0.383 e. The smallest absolute Gasteiger partial charge is 0.143 e. The van der Waals surface area contributed by atoms with Gasteiger partial charge in [-0.15, -0.1) is 0 Å². The second-order valence-electron chi connectivity index (χ2n) is 3.55. The Kier molecular flexibility index (Phi) is 5.72. The lowest BCUT2D eigenvalue weighted by molar-refractivity contribution is 0.181. The Bertz CT molecular complexity index is 347. The van der Waals surface area contributed by atoms with E-state index < -0.39 is 0 Å². The standard InChI is InChI=1S/C11H16Br2N2O/c1-4-15(8(2)7-16-3)11-10(13)5-9(12)6-14-11/h5-6,8H,4,7H2,1-3H3. The lowest BCUT2D eigenvalue weighted by atomic mass is 10.3. The molecule has 0 radical (unpaired) electrons. The largest absolute Gasteiger partial charge is 0.383 e. The molecule has 0 aliphatic rings. The van der Waals surface area contributed by atoms with Crippen LogP contribution in [-0.2, 0) is 4.74 Å². The van der Waals surface area contributed by atoms with Gasteiger partial charge in [0.05, 0.1) is 17.1 Å². The lowest BCUT2D eigenvalue weighted by Crippen LogP contribution is -2.36. The quantitative estimate of drug-likeness (QED) is 0.812. The summed E-state index contributed by atoms with van der Waals surface area (Å²) in [7, 11) is 1.72. The number of ether oxygens (including phenoxy) is 1. The zero-order chi connectivity index (χ0) is 12.1. The minimum absolute atomic E-state index is 0.306. The van der Waals surface area contributed by atoms with Gasteiger partial charge >= 0.3 is 0 Å². The van der Waals surface area contributed by atoms with Gasteiger partial charge in [0.2, 0.25) is 0 Å². The van der Waals surface area contributed by atoms with E-state index in [0.29, 0.717) is 12.6 Å². The molecule has 0 aliphatic heterocycles. The van der Waals surface area contributed by atoms with Gasteiger partial charge in [-0.05, 0) is 51.8 Å². The Morgan fingerprint density at radius 3 is 2.69 bits per heavy atom. The van der Waals surface area contributed by atoms with Gasteiger partial charge in [-0.3, -0.25) is 0 Å². The molecule has 0 aromatic carbocycles. The molecule has 0 aliphatic carbocycles. The Labute approximate surface area is 113 Å². The summed E-state index contributed by atoms with van der Waals surface area (Å²) >= 11 is 6.93. The molecule has 5 heteroatoms. The van der Waals surface area contributed by atoms with Crippen LogP contribution in [0.2, 0.25) is 0 Å². The van der Waals surface area contributed by atoms with Gasteiger partial charge in [-0.1, -0.05) is 0 Å². The number of likely N-dealkylation sites (N-methyl/N-ethyl adjacent to an activating group) is 1. The summed E-state index contributed by atoms with van der Waals surface area (Å²) in [5, 5.41) is 0. The molecule has 90 valence electrons. The molecule has 0 fully saturated rings. The highest BCUT2D eigenvalue weighted by Crippen LogP contribution is 2.27. The van der Waals surface area contributed by atoms with Gasteiger partial charge in [-0.2, -0.15) is 0 Å². The highest BCUT2D eigenvalue weighted by Gasteiger charge is 2.16. The van der Waals surface area contributed by atoms with E-state index in [-0.39, 0.29) is 0 Å². The molecule has 1 unspecified atom stereocenters. The molecular weight excluding hydrogens is 336 g/mol. The van der Waals surface area contributed by atoms with Gasteiger partial charge in [0, 0.05) is 24.3 Å². The van der Waals surface area contributed by atoms with E-state index in [1.54, 1.807) is 7.11 Å². The molecule has 0 spiro atoms. The molecule has 1 aromatic heterocycles. The molecule has 16 heavy (non-hydrogen) atoms. The van der Waals surface area contributed by atoms with Crippen LogP contribution in [0.1, 0.15) is 13.8 Å². The highest BCUT2D eigenvalue weighted by molar-refractivity contribution is 9.11. The summed E-state index contributed by atoms with van der Waals surface area (Å²) in [5.74, 6) is 0.954. The summed E-state index contributed by atoms with van der Waals surface area (Å²) in [4.78, 5) is 6.64. The fraction of sp³-hybridized carbons (Fsp3) is 0.545. The predicted octanol–water partition coefficient (Wildman–Crippen LogP) is 3.47. The Hall–Kier alpha value is -0.130. The number of aromatic nitrogens is 1. The van der Waals surface area contributed by atoms with Crippen molar-refractivity contribution in [2.24, 2.45) is 0 Å². The maximum Gasteiger partial charge on any atom is 0.143 e. The molecule has 0 amide bonds. The van der Waals surface area contributed by atoms with Crippen LogP contribution in [0.4, 0.5) is 5.82 Å². The first-order valence-electron chi connectivity index (χ1n) is 5.16. The van der Waals surface area contributed by atoms with Gasteiger partial charge in [0.15, 0.2) is 0 Å². The van der Waals surface area contributed by atoms with Crippen LogP contribution in [0.25, 0.3) is 0 Å². The van der Waals surface area contributed by atoms with Gasteiger partial charge in [0.25, 0.3) is 0 Å². The monoisotopic (exact) mass is 350 g/mol. The molecule has 1 heterocycles. The maximum absolute atomic E-state index is 5.18. The zero-order valence-corrected chi connectivity index (χ0v) is 12.9. The molecule has 0 N–H and O–H groups in total. The van der Waals surface area contributed by atoms with Crippen molar-refractivity contribution in [1.82, 2.24) is 4.98 Å². The molecule has 0 saturated heterocycles. The van der Waals surface area contributed by atoms with Crippen molar-refractivity contribution in [3.63, 3.8) is 0 Å². The van der Waals surface area contributed by atoms with Crippen molar-refractivity contribution in [1.29, 1.82) is 0 Å².